The topological polar surface area (TPSA) is 107 Å². The van der Waals surface area contributed by atoms with E-state index >= 15 is 0 Å². The minimum atomic E-state index is -3.74. The van der Waals surface area contributed by atoms with Gasteiger partial charge in [0.2, 0.25) is 10.0 Å². The molecule has 1 fully saturated rings. The number of nitrogen functional groups attached to an aromatic ring is 1. The Hall–Kier alpha value is -1.67. The zero-order chi connectivity index (χ0) is 15.8. The maximum Gasteiger partial charge on any atom is 0.271 e. The molecule has 0 radical (unpaired) electrons. The molecule has 1 saturated carbocycles. The molecule has 0 heterocycles. The number of sulfonamides is 1. The molecule has 0 atom stereocenters. The summed E-state index contributed by atoms with van der Waals surface area (Å²) in [5.41, 5.74) is 5.41. The Morgan fingerprint density at radius 2 is 2.05 bits per heavy atom. The van der Waals surface area contributed by atoms with E-state index in [4.69, 9.17) is 5.73 Å². The number of nitro benzene ring substituents is 1. The molecule has 0 saturated heterocycles. The van der Waals surface area contributed by atoms with E-state index in [-0.39, 0.29) is 22.3 Å². The van der Waals surface area contributed by atoms with E-state index in [1.54, 1.807) is 0 Å². The van der Waals surface area contributed by atoms with Gasteiger partial charge in [-0.05, 0) is 38.7 Å². The van der Waals surface area contributed by atoms with Crippen molar-refractivity contribution in [3.05, 3.63) is 28.3 Å². The average Bonchev–Trinajstić information content (AvgIpc) is 3.18. The predicted molar refractivity (Wildman–Crippen MR) is 79.3 cm³/mol. The highest BCUT2D eigenvalue weighted by Gasteiger charge is 2.34. The van der Waals surface area contributed by atoms with Crippen molar-refractivity contribution < 1.29 is 13.3 Å². The van der Waals surface area contributed by atoms with Gasteiger partial charge in [-0.2, -0.15) is 4.31 Å². The number of rotatable bonds is 6. The largest absolute Gasteiger partial charge is 0.397 e. The van der Waals surface area contributed by atoms with Crippen LogP contribution in [0.2, 0.25) is 0 Å². The Bertz CT molecular complexity index is 653. The standard InChI is InChI=1S/C13H19N3O4S/c1-9(2)15(8-10-3-4-10)21(19,20)13-6-5-11(16(17)18)7-12(13)14/h5-7,9-10H,3-4,8,14H2,1-2H3. The van der Waals surface area contributed by atoms with Crippen molar-refractivity contribution in [1.82, 2.24) is 4.31 Å². The van der Waals surface area contributed by atoms with Crippen LogP contribution in [0.4, 0.5) is 11.4 Å². The lowest BCUT2D eigenvalue weighted by molar-refractivity contribution is -0.384. The monoisotopic (exact) mass is 313 g/mol. The molecule has 8 heteroatoms. The molecular formula is C13H19N3O4S. The summed E-state index contributed by atoms with van der Waals surface area (Å²) in [4.78, 5) is 10.0. The molecule has 2 rings (SSSR count). The molecule has 21 heavy (non-hydrogen) atoms. The zero-order valence-corrected chi connectivity index (χ0v) is 12.8. The molecule has 1 aliphatic carbocycles. The summed E-state index contributed by atoms with van der Waals surface area (Å²) >= 11 is 0. The molecule has 1 aliphatic rings. The van der Waals surface area contributed by atoms with Crippen LogP contribution in [-0.4, -0.2) is 30.2 Å². The molecule has 0 bridgehead atoms. The number of nitrogens with zero attached hydrogens (tertiary/aromatic N) is 2. The third kappa shape index (κ3) is 3.33. The highest BCUT2D eigenvalue weighted by Crippen LogP contribution is 2.34. The maximum atomic E-state index is 12.7. The van der Waals surface area contributed by atoms with Crippen molar-refractivity contribution >= 4 is 21.4 Å². The van der Waals surface area contributed by atoms with Crippen LogP contribution in [-0.2, 0) is 10.0 Å². The number of hydrogen-bond donors (Lipinski definition) is 1. The van der Waals surface area contributed by atoms with E-state index in [1.807, 2.05) is 13.8 Å². The summed E-state index contributed by atoms with van der Waals surface area (Å²) in [5.74, 6) is 0.404. The lowest BCUT2D eigenvalue weighted by Crippen LogP contribution is -2.38. The number of nitrogens with two attached hydrogens (primary N) is 1. The fourth-order valence-electron chi connectivity index (χ4n) is 2.15. The maximum absolute atomic E-state index is 12.7. The van der Waals surface area contributed by atoms with Gasteiger partial charge in [-0.15, -0.1) is 0 Å². The minimum absolute atomic E-state index is 0.0672. The Labute approximate surface area is 123 Å². The van der Waals surface area contributed by atoms with Crippen molar-refractivity contribution in [2.75, 3.05) is 12.3 Å². The van der Waals surface area contributed by atoms with Gasteiger partial charge in [-0.25, -0.2) is 8.42 Å². The van der Waals surface area contributed by atoms with Crippen molar-refractivity contribution in [3.8, 4) is 0 Å². The molecule has 0 unspecified atom stereocenters. The van der Waals surface area contributed by atoms with Gasteiger partial charge in [0.25, 0.3) is 5.69 Å². The number of hydrogen-bond acceptors (Lipinski definition) is 5. The zero-order valence-electron chi connectivity index (χ0n) is 12.0. The third-order valence-corrected chi connectivity index (χ3v) is 5.62. The van der Waals surface area contributed by atoms with Crippen LogP contribution < -0.4 is 5.73 Å². The lowest BCUT2D eigenvalue weighted by Gasteiger charge is -2.26. The van der Waals surface area contributed by atoms with Crippen LogP contribution in [0, 0.1) is 16.0 Å². The van der Waals surface area contributed by atoms with Crippen LogP contribution in [0.15, 0.2) is 23.1 Å². The van der Waals surface area contributed by atoms with E-state index in [0.717, 1.165) is 18.9 Å². The molecular weight excluding hydrogens is 294 g/mol. The Morgan fingerprint density at radius 3 is 2.48 bits per heavy atom. The highest BCUT2D eigenvalue weighted by atomic mass is 32.2. The SMILES string of the molecule is CC(C)N(CC1CC1)S(=O)(=O)c1ccc([N+](=O)[O-])cc1N. The van der Waals surface area contributed by atoms with Crippen LogP contribution in [0.5, 0.6) is 0 Å². The number of benzene rings is 1. The summed E-state index contributed by atoms with van der Waals surface area (Å²) in [6.07, 6.45) is 2.07. The van der Waals surface area contributed by atoms with Crippen molar-refractivity contribution in [2.24, 2.45) is 5.92 Å². The predicted octanol–water partition coefficient (Wildman–Crippen LogP) is 1.99. The van der Waals surface area contributed by atoms with Crippen molar-refractivity contribution in [3.63, 3.8) is 0 Å². The van der Waals surface area contributed by atoms with Gasteiger partial charge < -0.3 is 5.73 Å². The second-order valence-corrected chi connectivity index (χ2v) is 7.45. The van der Waals surface area contributed by atoms with Gasteiger partial charge in [-0.1, -0.05) is 0 Å². The first-order valence-electron chi connectivity index (χ1n) is 6.79. The summed E-state index contributed by atoms with van der Waals surface area (Å²) in [6.45, 7) is 4.08. The molecule has 2 N–H and O–H groups in total. The molecule has 1 aromatic rings. The smallest absolute Gasteiger partial charge is 0.271 e. The van der Waals surface area contributed by atoms with E-state index in [0.29, 0.717) is 12.5 Å². The summed E-state index contributed by atoms with van der Waals surface area (Å²) in [5, 5.41) is 10.7. The summed E-state index contributed by atoms with van der Waals surface area (Å²) < 4.78 is 26.8. The summed E-state index contributed by atoms with van der Waals surface area (Å²) in [6, 6.07) is 3.28. The first-order valence-corrected chi connectivity index (χ1v) is 8.23. The van der Waals surface area contributed by atoms with E-state index in [2.05, 4.69) is 0 Å². The second kappa shape index (κ2) is 5.61. The fourth-order valence-corrected chi connectivity index (χ4v) is 3.96. The quantitative estimate of drug-likeness (QED) is 0.491. The Morgan fingerprint density at radius 1 is 1.43 bits per heavy atom. The second-order valence-electron chi connectivity index (χ2n) is 5.59. The molecule has 116 valence electrons. The molecule has 0 spiro atoms. The minimum Gasteiger partial charge on any atom is -0.397 e. The molecule has 0 aliphatic heterocycles. The van der Waals surface area contributed by atoms with Crippen LogP contribution in [0.3, 0.4) is 0 Å². The van der Waals surface area contributed by atoms with E-state index in [1.165, 1.54) is 16.4 Å². The van der Waals surface area contributed by atoms with Gasteiger partial charge in [0.1, 0.15) is 4.90 Å². The Kier molecular flexibility index (Phi) is 4.20. The van der Waals surface area contributed by atoms with Gasteiger partial charge in [0.15, 0.2) is 0 Å². The molecule has 0 amide bonds. The number of anilines is 1. The van der Waals surface area contributed by atoms with Crippen molar-refractivity contribution in [1.29, 1.82) is 0 Å². The number of nitro groups is 1. The molecule has 7 nitrogen and oxygen atoms in total. The van der Waals surface area contributed by atoms with Gasteiger partial charge in [0.05, 0.1) is 10.6 Å². The van der Waals surface area contributed by atoms with Crippen LogP contribution in [0.25, 0.3) is 0 Å². The number of non-ortho nitro benzene ring substituents is 1. The third-order valence-electron chi connectivity index (χ3n) is 3.50. The summed E-state index contributed by atoms with van der Waals surface area (Å²) in [7, 11) is -3.74. The van der Waals surface area contributed by atoms with Gasteiger partial charge in [0, 0.05) is 24.7 Å². The highest BCUT2D eigenvalue weighted by molar-refractivity contribution is 7.89. The van der Waals surface area contributed by atoms with Gasteiger partial charge in [-0.3, -0.25) is 10.1 Å². The van der Waals surface area contributed by atoms with Crippen molar-refractivity contribution in [2.45, 2.75) is 37.6 Å². The van der Waals surface area contributed by atoms with E-state index < -0.39 is 14.9 Å². The van der Waals surface area contributed by atoms with Crippen LogP contribution in [0.1, 0.15) is 26.7 Å². The normalized spacial score (nSPS) is 15.6. The lowest BCUT2D eigenvalue weighted by atomic mass is 10.3. The van der Waals surface area contributed by atoms with E-state index in [9.17, 15) is 18.5 Å². The van der Waals surface area contributed by atoms with Crippen LogP contribution >= 0.6 is 0 Å². The Balaban J connectivity index is 2.39. The first kappa shape index (κ1) is 15.7. The first-order chi connectivity index (χ1) is 9.73. The molecule has 1 aromatic carbocycles. The van der Waals surface area contributed by atoms with Gasteiger partial charge >= 0.3 is 0 Å². The molecule has 0 aromatic heterocycles. The average molecular weight is 313 g/mol. The fraction of sp³-hybridized carbons (Fsp3) is 0.538.